The fourth-order valence-electron chi connectivity index (χ4n) is 1.26. The molecule has 74 valence electrons. The Morgan fingerprint density at radius 2 is 1.85 bits per heavy atom. The first-order chi connectivity index (χ1) is 5.99. The average Bonchev–Trinajstić information content (AvgIpc) is 2.03. The van der Waals surface area contributed by atoms with Crippen LogP contribution in [0.15, 0.2) is 0 Å². The van der Waals surface area contributed by atoms with E-state index in [1.165, 1.54) is 4.90 Å². The van der Waals surface area contributed by atoms with Gasteiger partial charge in [-0.25, -0.2) is 0 Å². The van der Waals surface area contributed by atoms with Gasteiger partial charge in [0, 0.05) is 6.54 Å². The number of rotatable bonds is 2. The van der Waals surface area contributed by atoms with Gasteiger partial charge in [-0.15, -0.1) is 0 Å². The van der Waals surface area contributed by atoms with E-state index >= 15 is 0 Å². The fourth-order valence-corrected chi connectivity index (χ4v) is 1.26. The Morgan fingerprint density at radius 3 is 2.23 bits per heavy atom. The predicted octanol–water partition coefficient (Wildman–Crippen LogP) is -0.891. The molecule has 5 heteroatoms. The van der Waals surface area contributed by atoms with E-state index in [1.54, 1.807) is 13.8 Å². The second kappa shape index (κ2) is 3.43. The van der Waals surface area contributed by atoms with Crippen LogP contribution in [0.25, 0.3) is 0 Å². The Morgan fingerprint density at radius 1 is 1.38 bits per heavy atom. The molecule has 13 heavy (non-hydrogen) atoms. The summed E-state index contributed by atoms with van der Waals surface area (Å²) in [6.45, 7) is 3.71. The number of hydrogen-bond acceptors (Lipinski definition) is 4. The van der Waals surface area contributed by atoms with E-state index in [9.17, 15) is 9.59 Å². The van der Waals surface area contributed by atoms with Gasteiger partial charge >= 0.3 is 0 Å². The molecule has 0 bridgehead atoms. The zero-order chi connectivity index (χ0) is 10.1. The van der Waals surface area contributed by atoms with Gasteiger partial charge in [0.05, 0.1) is 5.54 Å². The maximum atomic E-state index is 11.3. The minimum absolute atomic E-state index is 0.0326. The van der Waals surface area contributed by atoms with Gasteiger partial charge in [-0.2, -0.15) is 0 Å². The van der Waals surface area contributed by atoms with Crippen molar-refractivity contribution >= 4 is 11.8 Å². The normalized spacial score (nSPS) is 19.5. The molecule has 0 unspecified atom stereocenters. The van der Waals surface area contributed by atoms with Crippen molar-refractivity contribution in [1.29, 1.82) is 0 Å². The van der Waals surface area contributed by atoms with Gasteiger partial charge in [0.25, 0.3) is 11.8 Å². The van der Waals surface area contributed by atoms with Crippen LogP contribution in [0.2, 0.25) is 0 Å². The number of nitrogens with zero attached hydrogens (tertiary/aromatic N) is 1. The van der Waals surface area contributed by atoms with Crippen LogP contribution in [0.4, 0.5) is 0 Å². The van der Waals surface area contributed by atoms with Crippen LogP contribution in [0.1, 0.15) is 13.8 Å². The van der Waals surface area contributed by atoms with Crippen LogP contribution in [0.3, 0.4) is 0 Å². The van der Waals surface area contributed by atoms with Crippen LogP contribution >= 0.6 is 0 Å². The van der Waals surface area contributed by atoms with Gasteiger partial charge < -0.3 is 10.5 Å². The Kier molecular flexibility index (Phi) is 2.68. The van der Waals surface area contributed by atoms with Crippen LogP contribution in [0.5, 0.6) is 0 Å². The number of hydrogen-bond donors (Lipinski definition) is 1. The van der Waals surface area contributed by atoms with Gasteiger partial charge in [0.1, 0.15) is 13.2 Å². The van der Waals surface area contributed by atoms with Crippen molar-refractivity contribution in [2.24, 2.45) is 5.73 Å². The highest BCUT2D eigenvalue weighted by Crippen LogP contribution is 2.16. The molecule has 1 heterocycles. The first kappa shape index (κ1) is 10.1. The summed E-state index contributed by atoms with van der Waals surface area (Å²) in [5.41, 5.74) is 4.86. The van der Waals surface area contributed by atoms with Crippen molar-refractivity contribution in [2.45, 2.75) is 19.4 Å². The summed E-state index contributed by atoms with van der Waals surface area (Å²) in [7, 11) is 0. The number of nitrogens with two attached hydrogens (primary N) is 1. The van der Waals surface area contributed by atoms with Crippen molar-refractivity contribution in [3.05, 3.63) is 0 Å². The molecule has 0 atom stereocenters. The fraction of sp³-hybridized carbons (Fsp3) is 0.750. The summed E-state index contributed by atoms with van der Waals surface area (Å²) in [5.74, 6) is -0.626. The second-order valence-corrected chi connectivity index (χ2v) is 3.63. The largest absolute Gasteiger partial charge is 0.362 e. The molecule has 0 saturated carbocycles. The summed E-state index contributed by atoms with van der Waals surface area (Å²) in [6, 6.07) is 0. The lowest BCUT2D eigenvalue weighted by Crippen LogP contribution is -2.59. The summed E-state index contributed by atoms with van der Waals surface area (Å²) >= 11 is 0. The highest BCUT2D eigenvalue weighted by molar-refractivity contribution is 5.99. The van der Waals surface area contributed by atoms with E-state index in [0.29, 0.717) is 0 Å². The number of ether oxygens (including phenoxy) is 1. The highest BCUT2D eigenvalue weighted by Gasteiger charge is 2.37. The average molecular weight is 186 g/mol. The van der Waals surface area contributed by atoms with Gasteiger partial charge in [0.15, 0.2) is 0 Å². The molecule has 1 aliphatic heterocycles. The molecule has 0 spiro atoms. The third-order valence-electron chi connectivity index (χ3n) is 2.05. The maximum absolute atomic E-state index is 11.3. The minimum Gasteiger partial charge on any atom is -0.362 e. The van der Waals surface area contributed by atoms with E-state index < -0.39 is 5.54 Å². The topological polar surface area (TPSA) is 72.6 Å². The molecule has 0 aromatic carbocycles. The first-order valence-electron chi connectivity index (χ1n) is 4.13. The van der Waals surface area contributed by atoms with Gasteiger partial charge in [-0.1, -0.05) is 0 Å². The van der Waals surface area contributed by atoms with Crippen LogP contribution in [0, 0.1) is 0 Å². The molecular weight excluding hydrogens is 172 g/mol. The number of carbonyl (C=O) groups excluding carboxylic acids is 2. The smallest absolute Gasteiger partial charge is 0.255 e. The van der Waals surface area contributed by atoms with Gasteiger partial charge in [-0.05, 0) is 13.8 Å². The zero-order valence-electron chi connectivity index (χ0n) is 7.87. The molecule has 5 nitrogen and oxygen atoms in total. The highest BCUT2D eigenvalue weighted by atomic mass is 16.5. The summed E-state index contributed by atoms with van der Waals surface area (Å²) in [5, 5.41) is 0. The summed E-state index contributed by atoms with van der Waals surface area (Å²) in [4.78, 5) is 23.9. The summed E-state index contributed by atoms with van der Waals surface area (Å²) < 4.78 is 4.78. The van der Waals surface area contributed by atoms with Crippen molar-refractivity contribution in [1.82, 2.24) is 4.90 Å². The molecule has 1 aliphatic rings. The Bertz CT molecular complexity index is 222. The van der Waals surface area contributed by atoms with Crippen molar-refractivity contribution < 1.29 is 14.3 Å². The van der Waals surface area contributed by atoms with E-state index in [4.69, 9.17) is 10.5 Å². The number of morpholine rings is 1. The van der Waals surface area contributed by atoms with Crippen LogP contribution in [-0.4, -0.2) is 42.0 Å². The maximum Gasteiger partial charge on any atom is 0.255 e. The lowest BCUT2D eigenvalue weighted by Gasteiger charge is -2.37. The second-order valence-electron chi connectivity index (χ2n) is 3.63. The number of carbonyl (C=O) groups is 2. The molecule has 0 radical (unpaired) electrons. The van der Waals surface area contributed by atoms with Gasteiger partial charge in [-0.3, -0.25) is 14.5 Å². The van der Waals surface area contributed by atoms with E-state index in [-0.39, 0.29) is 31.6 Å². The van der Waals surface area contributed by atoms with E-state index in [2.05, 4.69) is 0 Å². The van der Waals surface area contributed by atoms with Crippen molar-refractivity contribution in [3.8, 4) is 0 Å². The monoisotopic (exact) mass is 186 g/mol. The number of imide groups is 1. The van der Waals surface area contributed by atoms with Crippen LogP contribution < -0.4 is 5.73 Å². The Balaban J connectivity index is 2.86. The predicted molar refractivity (Wildman–Crippen MR) is 45.8 cm³/mol. The molecule has 2 N–H and O–H groups in total. The molecule has 0 aliphatic carbocycles. The Hall–Kier alpha value is -0.940. The lowest BCUT2D eigenvalue weighted by atomic mass is 10.0. The SMILES string of the molecule is CC(C)(CN)N1C(=O)COCC1=O. The van der Waals surface area contributed by atoms with E-state index in [0.717, 1.165) is 0 Å². The Labute approximate surface area is 76.8 Å². The third kappa shape index (κ3) is 1.87. The molecule has 1 fully saturated rings. The van der Waals surface area contributed by atoms with Crippen molar-refractivity contribution in [2.75, 3.05) is 19.8 Å². The first-order valence-corrected chi connectivity index (χ1v) is 4.13. The standard InChI is InChI=1S/C8H14N2O3/c1-8(2,5-9)10-6(11)3-13-4-7(10)12/h3-5,9H2,1-2H3. The van der Waals surface area contributed by atoms with E-state index in [1.807, 2.05) is 0 Å². The van der Waals surface area contributed by atoms with Crippen molar-refractivity contribution in [3.63, 3.8) is 0 Å². The van der Waals surface area contributed by atoms with Crippen LogP contribution in [-0.2, 0) is 14.3 Å². The molecule has 1 rings (SSSR count). The zero-order valence-corrected chi connectivity index (χ0v) is 7.87. The quantitative estimate of drug-likeness (QED) is 0.568. The summed E-state index contributed by atoms with van der Waals surface area (Å²) in [6.07, 6.45) is 0. The number of amides is 2. The molecule has 0 aromatic rings. The molecule has 2 amide bonds. The molecule has 0 aromatic heterocycles. The molecule has 1 saturated heterocycles. The lowest BCUT2D eigenvalue weighted by molar-refractivity contribution is -0.164. The van der Waals surface area contributed by atoms with Gasteiger partial charge in [0.2, 0.25) is 0 Å². The minimum atomic E-state index is -0.613. The molecular formula is C8H14N2O3. The third-order valence-corrected chi connectivity index (χ3v) is 2.05.